The fraction of sp³-hybridized carbons (Fsp3) is 0.818. The summed E-state index contributed by atoms with van der Waals surface area (Å²) in [7, 11) is 20.3. The molecule has 0 aliphatic rings. The summed E-state index contributed by atoms with van der Waals surface area (Å²) in [5.41, 5.74) is 2.32. The average molecular weight is 1830 g/mol. The summed E-state index contributed by atoms with van der Waals surface area (Å²) in [5, 5.41) is 0. The van der Waals surface area contributed by atoms with Crippen molar-refractivity contribution in [3.05, 3.63) is 71.8 Å². The molecule has 672 valence electrons. The summed E-state index contributed by atoms with van der Waals surface area (Å²) in [6.45, 7) is 38.2. The molecule has 0 amide bonds. The number of nitrogens with zero attached hydrogens (tertiary/aromatic N) is 22. The molecule has 0 radical (unpaired) electrons. The van der Waals surface area contributed by atoms with Gasteiger partial charge in [-0.1, -0.05) is 97.4 Å². The van der Waals surface area contributed by atoms with Crippen molar-refractivity contribution in [2.24, 2.45) is 36.1 Å². The summed E-state index contributed by atoms with van der Waals surface area (Å²) in [5.74, 6) is 0. The minimum atomic E-state index is -10.7. The Kier molecular flexibility index (Phi) is 55.1. The van der Waals surface area contributed by atoms with Gasteiger partial charge in [-0.3, -0.25) is 37.4 Å². The summed E-state index contributed by atoms with van der Waals surface area (Å²) in [6, 6.07) is 20.3. The third-order valence-corrected chi connectivity index (χ3v) is 54.3. The zero-order chi connectivity index (χ0) is 87.5. The Hall–Kier alpha value is 0.310. The Labute approximate surface area is 680 Å². The molecule has 112 heavy (non-hydrogen) atoms. The van der Waals surface area contributed by atoms with Crippen LogP contribution in [0.2, 0.25) is 0 Å². The molecule has 0 heterocycles. The second-order valence-electron chi connectivity index (χ2n) is 29.6. The van der Waals surface area contributed by atoms with Gasteiger partial charge in [-0.15, -0.1) is 0 Å². The van der Waals surface area contributed by atoms with Crippen molar-refractivity contribution in [3.8, 4) is 0 Å². The van der Waals surface area contributed by atoms with Gasteiger partial charge in [0, 0.05) is 53.9 Å². The fourth-order valence-electron chi connectivity index (χ4n) is 9.70. The van der Waals surface area contributed by atoms with Gasteiger partial charge in [0.15, 0.2) is 0 Å². The molecular weight excluding hydrogens is 1670 g/mol. The van der Waals surface area contributed by atoms with Crippen molar-refractivity contribution >= 4 is 82.1 Å². The first-order chi connectivity index (χ1) is 50.4. The first-order valence-electron chi connectivity index (χ1n) is 36.7. The topological polar surface area (TPSA) is 230 Å². The van der Waals surface area contributed by atoms with Gasteiger partial charge in [0.05, 0.1) is 79.3 Å². The number of benzene rings is 2. The average Bonchev–Trinajstić information content (AvgIpc) is 0.741. The van der Waals surface area contributed by atoms with Crippen LogP contribution in [0.5, 0.6) is 0 Å². The van der Waals surface area contributed by atoms with Gasteiger partial charge in [0.2, 0.25) is 15.0 Å². The number of ether oxygens (including phenoxy) is 6. The molecule has 0 spiro atoms. The molecule has 0 bridgehead atoms. The maximum Gasteiger partial charge on any atom is -0.870 e. The van der Waals surface area contributed by atoms with Gasteiger partial charge in [-0.2, -0.15) is 0 Å². The van der Waals surface area contributed by atoms with E-state index in [1.807, 2.05) is 64.1 Å². The number of hydrogen-bond donors (Lipinski definition) is 0. The molecule has 0 aliphatic heterocycles. The molecule has 0 fully saturated rings. The third-order valence-electron chi connectivity index (χ3n) is 16.4. The Morgan fingerprint density at radius 3 is 0.625 bits per heavy atom. The predicted octanol–water partition coefficient (Wildman–Crippen LogP) is 20.4. The van der Waals surface area contributed by atoms with Crippen LogP contribution in [0.4, 0.5) is 25.2 Å². The standard InChI is InChI=1S/2C31H73N11O3P5.2C2H6.F6P.H2O/c2*1-36(2)47(17,37(3)4)33-49(32-46(14,15)16,34-48(18,38(5)6)39(7)8)35-50(40(9)10,41(11)12)42(13)24-25-43-26-27-44-28-29-45-30-31-22-20-19-21-23-31;2*1-2;1-7(2,3,4,5)6;/h2*19-23H,24-30H2,1-18H3;2*1-2H3;;1H2/q2*+1;;;-1;/p-1. The van der Waals surface area contributed by atoms with Crippen LogP contribution < -0.4 is 0 Å². The number of hydrogen-bond acceptors (Lipinski definition) is 15. The first-order valence-corrected chi connectivity index (χ1v) is 59.7. The van der Waals surface area contributed by atoms with Crippen LogP contribution in [0.3, 0.4) is 0 Å². The van der Waals surface area contributed by atoms with Gasteiger partial charge in [0.25, 0.3) is 0 Å². The van der Waals surface area contributed by atoms with Crippen LogP contribution in [-0.4, -0.2) is 400 Å². The Morgan fingerprint density at radius 2 is 0.455 bits per heavy atom. The minimum absolute atomic E-state index is 0. The SMILES string of the molecule is CC.CC.CN(C)P(C)(=N[P+](N=P(C)(C)C)(N=P(C)(N(C)C)N(C)C)N=P(N(C)C)(N(C)C)N(C)CCOCCOCCOCc1ccccc1)N(C)C.CN(C)P(C)(=N[P+](N=P(C)(C)C)(N=P(C)(N(C)C)N(C)C)N=P(N(C)C)(N(C)C)N(C)CCOCCOCCOCc1ccccc1)N(C)C.F[P-](F)(F)(F)(F)F.[OH-]. The van der Waals surface area contributed by atoms with Crippen molar-refractivity contribution in [1.29, 1.82) is 0 Å². The molecule has 0 atom stereocenters. The van der Waals surface area contributed by atoms with Gasteiger partial charge >= 0.3 is 48.7 Å². The molecule has 0 aliphatic carbocycles. The van der Waals surface area contributed by atoms with Gasteiger partial charge < -0.3 is 33.9 Å². The van der Waals surface area contributed by atoms with Crippen molar-refractivity contribution in [1.82, 2.24) is 65.4 Å². The number of halogens is 6. The fourth-order valence-corrected chi connectivity index (χ4v) is 47.1. The summed E-state index contributed by atoms with van der Waals surface area (Å²) in [4.78, 5) is 0. The van der Waals surface area contributed by atoms with Crippen LogP contribution in [0.1, 0.15) is 38.8 Å². The molecule has 2 rings (SSSR count). The molecule has 0 unspecified atom stereocenters. The quantitative estimate of drug-likeness (QED) is 0.0341. The number of rotatable bonds is 44. The van der Waals surface area contributed by atoms with E-state index in [9.17, 15) is 25.2 Å². The van der Waals surface area contributed by atoms with Gasteiger partial charge in [0.1, 0.15) is 29.4 Å². The number of likely N-dealkylation sites (N-methyl/N-ethyl adjacent to an activating group) is 2. The minimum Gasteiger partial charge on any atom is -0.870 e. The Morgan fingerprint density at radius 1 is 0.277 bits per heavy atom. The molecule has 1 N–H and O–H groups in total. The van der Waals surface area contributed by atoms with Crippen molar-refractivity contribution in [3.63, 3.8) is 0 Å². The monoisotopic (exact) mass is 1830 g/mol. The van der Waals surface area contributed by atoms with E-state index in [2.05, 4.69) is 340 Å². The first kappa shape index (κ1) is 119. The molecule has 46 heteroatoms. The van der Waals surface area contributed by atoms with Crippen LogP contribution in [0.15, 0.2) is 96.8 Å². The van der Waals surface area contributed by atoms with E-state index < -0.39 is 82.1 Å². The molecule has 2 aromatic carbocycles. The molecular formula is C66H159F6N22O7P11. The molecule has 0 aromatic heterocycles. The van der Waals surface area contributed by atoms with Crippen LogP contribution >= 0.6 is 82.1 Å². The Bertz CT molecular complexity index is 3070. The van der Waals surface area contributed by atoms with Crippen LogP contribution in [0, 0.1) is 0 Å². The van der Waals surface area contributed by atoms with E-state index in [1.165, 1.54) is 0 Å². The van der Waals surface area contributed by atoms with E-state index in [1.54, 1.807) is 0 Å². The molecule has 29 nitrogen and oxygen atoms in total. The maximum absolute atomic E-state index is 10.7. The second-order valence-corrected chi connectivity index (χ2v) is 67.2. The summed E-state index contributed by atoms with van der Waals surface area (Å²) in [6.07, 6.45) is 0. The molecule has 0 saturated heterocycles. The summed E-state index contributed by atoms with van der Waals surface area (Å²) < 4.78 is 173. The Balaban J connectivity index is -0.000000912. The zero-order valence-corrected chi connectivity index (χ0v) is 86.4. The maximum atomic E-state index is 9.87. The second kappa shape index (κ2) is 52.1. The smallest absolute Gasteiger partial charge is 0.870 e. The van der Waals surface area contributed by atoms with Gasteiger partial charge in [-0.25, -0.2) is 28.0 Å². The summed E-state index contributed by atoms with van der Waals surface area (Å²) >= 11 is 0. The van der Waals surface area contributed by atoms with Gasteiger partial charge in [-0.05, 0) is 261 Å². The van der Waals surface area contributed by atoms with Crippen molar-refractivity contribution in [2.45, 2.75) is 40.9 Å². The van der Waals surface area contributed by atoms with E-state index in [0.29, 0.717) is 92.4 Å². The van der Waals surface area contributed by atoms with Crippen LogP contribution in [0.25, 0.3) is 0 Å². The van der Waals surface area contributed by atoms with E-state index >= 15 is 0 Å². The largest absolute Gasteiger partial charge is 0.870 e. The van der Waals surface area contributed by atoms with E-state index in [-0.39, 0.29) is 5.48 Å². The predicted molar refractivity (Wildman–Crippen MR) is 491 cm³/mol. The third kappa shape index (κ3) is 43.4. The van der Waals surface area contributed by atoms with Crippen molar-refractivity contribution < 1.29 is 59.1 Å². The normalized spacial score (nSPS) is 13.9. The molecule has 0 saturated carbocycles. The molecule has 2 aromatic rings. The van der Waals surface area contributed by atoms with E-state index in [4.69, 9.17) is 64.5 Å². The van der Waals surface area contributed by atoms with Crippen molar-refractivity contribution in [2.75, 3.05) is 329 Å². The van der Waals surface area contributed by atoms with Crippen LogP contribution in [-0.2, 0) is 41.6 Å². The zero-order valence-electron chi connectivity index (χ0n) is 76.6. The van der Waals surface area contributed by atoms with E-state index in [0.717, 1.165) is 11.1 Å².